The molecule has 61 heavy (non-hydrogen) atoms. The second kappa shape index (κ2) is 20.2. The lowest BCUT2D eigenvalue weighted by Gasteiger charge is -2.42. The molecule has 2 saturated heterocycles. The summed E-state index contributed by atoms with van der Waals surface area (Å²) in [7, 11) is 0. The number of hydrogen-bond acceptors (Lipinski definition) is 7. The third-order valence-electron chi connectivity index (χ3n) is 12.9. The number of benzene rings is 6. The van der Waals surface area contributed by atoms with E-state index in [2.05, 4.69) is 141 Å². The summed E-state index contributed by atoms with van der Waals surface area (Å²) in [5.74, 6) is 2.87. The maximum atomic E-state index is 6.25. The van der Waals surface area contributed by atoms with Crippen LogP contribution in [-0.2, 0) is 6.42 Å². The lowest BCUT2D eigenvalue weighted by atomic mass is 10.0. The SMILES string of the molecule is c1ccc(OCC(CN2c3ccccc3CC2c2ccccc2)N2CCCC2)cc1.c1ccc(OCC(CN2c3ccccc3OCC2c2ccccc2)N2CCCC2)cc1. The van der Waals surface area contributed by atoms with E-state index in [-0.39, 0.29) is 6.04 Å². The van der Waals surface area contributed by atoms with Crippen LogP contribution < -0.4 is 24.0 Å². The standard InChI is InChI=1S/C27H30N2O2.C27H30N2O/c1-3-11-22(12-4-1)26-21-31-27-16-8-7-15-25(27)29(26)19-23(28-17-9-10-18-28)20-30-24-13-5-2-6-14-24;1-3-11-22(12-4-1)27-19-23-13-7-8-16-26(23)29(27)20-24(28-17-9-10-18-28)21-30-25-14-5-2-6-15-25/h1-8,11-16,23,26H,9-10,17-21H2;1-8,11-16,24,27H,9-10,17-21H2. The first-order valence-corrected chi connectivity index (χ1v) is 22.5. The van der Waals surface area contributed by atoms with Gasteiger partial charge in [0.25, 0.3) is 0 Å². The highest BCUT2D eigenvalue weighted by Crippen LogP contribution is 2.42. The predicted octanol–water partition coefficient (Wildman–Crippen LogP) is 10.5. The Bertz CT molecular complexity index is 2210. The third-order valence-corrected chi connectivity index (χ3v) is 12.9. The van der Waals surface area contributed by atoms with Crippen molar-refractivity contribution in [1.29, 1.82) is 0 Å². The highest BCUT2D eigenvalue weighted by molar-refractivity contribution is 5.62. The van der Waals surface area contributed by atoms with Gasteiger partial charge in [0.2, 0.25) is 0 Å². The first-order valence-electron chi connectivity index (χ1n) is 22.5. The average molecular weight is 813 g/mol. The fourth-order valence-electron chi connectivity index (χ4n) is 9.70. The minimum Gasteiger partial charge on any atom is -0.492 e. The second-order valence-corrected chi connectivity index (χ2v) is 16.8. The van der Waals surface area contributed by atoms with Gasteiger partial charge in [-0.05, 0) is 117 Å². The topological polar surface area (TPSA) is 40.6 Å². The van der Waals surface area contributed by atoms with E-state index < -0.39 is 0 Å². The van der Waals surface area contributed by atoms with E-state index in [9.17, 15) is 0 Å². The van der Waals surface area contributed by atoms with Gasteiger partial charge in [0.15, 0.2) is 0 Å². The summed E-state index contributed by atoms with van der Waals surface area (Å²) >= 11 is 0. The van der Waals surface area contributed by atoms with E-state index in [4.69, 9.17) is 14.2 Å². The smallest absolute Gasteiger partial charge is 0.142 e. The molecule has 0 N–H and O–H groups in total. The van der Waals surface area contributed by atoms with Crippen LogP contribution in [0.3, 0.4) is 0 Å². The molecule has 314 valence electrons. The first-order chi connectivity index (χ1) is 30.3. The third kappa shape index (κ3) is 10.1. The summed E-state index contributed by atoms with van der Waals surface area (Å²) in [6.07, 6.45) is 6.20. The van der Waals surface area contributed by atoms with Crippen molar-refractivity contribution in [2.45, 2.75) is 56.3 Å². The predicted molar refractivity (Wildman–Crippen MR) is 248 cm³/mol. The highest BCUT2D eigenvalue weighted by atomic mass is 16.5. The molecule has 4 atom stereocenters. The van der Waals surface area contributed by atoms with Gasteiger partial charge in [0.05, 0.1) is 29.9 Å². The Morgan fingerprint density at radius 3 is 1.43 bits per heavy atom. The van der Waals surface area contributed by atoms with Gasteiger partial charge in [-0.3, -0.25) is 9.80 Å². The molecule has 4 aliphatic heterocycles. The molecule has 0 amide bonds. The Morgan fingerprint density at radius 2 is 0.885 bits per heavy atom. The Labute approximate surface area is 363 Å². The summed E-state index contributed by atoms with van der Waals surface area (Å²) in [6.45, 7) is 8.61. The summed E-state index contributed by atoms with van der Waals surface area (Å²) in [4.78, 5) is 10.4. The highest BCUT2D eigenvalue weighted by Gasteiger charge is 2.35. The molecule has 0 radical (unpaired) electrons. The van der Waals surface area contributed by atoms with Gasteiger partial charge in [-0.1, -0.05) is 127 Å². The zero-order valence-electron chi connectivity index (χ0n) is 35.4. The number of para-hydroxylation sites is 5. The van der Waals surface area contributed by atoms with Crippen LogP contribution in [0, 0.1) is 0 Å². The molecule has 4 aliphatic rings. The molecule has 7 heteroatoms. The van der Waals surface area contributed by atoms with Crippen LogP contribution in [0.1, 0.15) is 54.5 Å². The van der Waals surface area contributed by atoms with Crippen LogP contribution in [0.4, 0.5) is 11.4 Å². The lowest BCUT2D eigenvalue weighted by molar-refractivity contribution is 0.155. The molecular formula is C54H60N4O3. The largest absolute Gasteiger partial charge is 0.492 e. The fourth-order valence-corrected chi connectivity index (χ4v) is 9.70. The zero-order chi connectivity index (χ0) is 41.1. The second-order valence-electron chi connectivity index (χ2n) is 16.8. The van der Waals surface area contributed by atoms with Crippen LogP contribution in [0.15, 0.2) is 170 Å². The van der Waals surface area contributed by atoms with Crippen molar-refractivity contribution >= 4 is 11.4 Å². The molecule has 0 aliphatic carbocycles. The Balaban J connectivity index is 0.000000156. The molecule has 0 bridgehead atoms. The molecular weight excluding hydrogens is 753 g/mol. The summed E-state index contributed by atoms with van der Waals surface area (Å²) in [5.41, 5.74) is 6.70. The molecule has 4 unspecified atom stereocenters. The van der Waals surface area contributed by atoms with Crippen molar-refractivity contribution in [1.82, 2.24) is 9.80 Å². The monoisotopic (exact) mass is 812 g/mol. The van der Waals surface area contributed by atoms with Crippen LogP contribution in [0.5, 0.6) is 17.2 Å². The fraction of sp³-hybridized carbons (Fsp3) is 0.333. The number of fused-ring (bicyclic) bond motifs is 2. The van der Waals surface area contributed by atoms with Crippen LogP contribution >= 0.6 is 0 Å². The molecule has 4 heterocycles. The lowest BCUT2D eigenvalue weighted by Crippen LogP contribution is -2.49. The molecule has 6 aromatic carbocycles. The molecule has 6 aromatic rings. The van der Waals surface area contributed by atoms with E-state index in [1.54, 1.807) is 0 Å². The van der Waals surface area contributed by atoms with E-state index in [0.717, 1.165) is 56.5 Å². The minimum absolute atomic E-state index is 0.193. The molecule has 0 spiro atoms. The van der Waals surface area contributed by atoms with Crippen molar-refractivity contribution in [2.75, 3.05) is 68.9 Å². The molecule has 7 nitrogen and oxygen atoms in total. The quantitative estimate of drug-likeness (QED) is 0.109. The van der Waals surface area contributed by atoms with Gasteiger partial charge >= 0.3 is 0 Å². The van der Waals surface area contributed by atoms with E-state index >= 15 is 0 Å². The first kappa shape index (κ1) is 40.6. The maximum absolute atomic E-state index is 6.25. The molecule has 0 saturated carbocycles. The number of anilines is 2. The summed E-state index contributed by atoms with van der Waals surface area (Å²) < 4.78 is 18.7. The van der Waals surface area contributed by atoms with Crippen molar-refractivity contribution in [3.63, 3.8) is 0 Å². The maximum Gasteiger partial charge on any atom is 0.142 e. The van der Waals surface area contributed by atoms with E-state index in [0.29, 0.717) is 31.3 Å². The number of hydrogen-bond donors (Lipinski definition) is 0. The van der Waals surface area contributed by atoms with Crippen LogP contribution in [0.2, 0.25) is 0 Å². The van der Waals surface area contributed by atoms with Crippen molar-refractivity contribution in [3.8, 4) is 17.2 Å². The number of rotatable bonds is 14. The van der Waals surface area contributed by atoms with Gasteiger partial charge in [-0.25, -0.2) is 0 Å². The molecule has 2 fully saturated rings. The molecule has 10 rings (SSSR count). The van der Waals surface area contributed by atoms with Gasteiger partial charge in [0.1, 0.15) is 37.1 Å². The van der Waals surface area contributed by atoms with Gasteiger partial charge in [-0.15, -0.1) is 0 Å². The van der Waals surface area contributed by atoms with Crippen molar-refractivity contribution < 1.29 is 14.2 Å². The van der Waals surface area contributed by atoms with Gasteiger partial charge < -0.3 is 24.0 Å². The van der Waals surface area contributed by atoms with Crippen molar-refractivity contribution in [3.05, 3.63) is 187 Å². The minimum atomic E-state index is 0.193. The van der Waals surface area contributed by atoms with Crippen LogP contribution in [-0.4, -0.2) is 81.0 Å². The van der Waals surface area contributed by atoms with Gasteiger partial charge in [-0.2, -0.15) is 0 Å². The summed E-state index contributed by atoms with van der Waals surface area (Å²) in [5, 5.41) is 0. The Hall–Kier alpha value is -5.76. The van der Waals surface area contributed by atoms with E-state index in [1.165, 1.54) is 66.8 Å². The Morgan fingerprint density at radius 1 is 0.459 bits per heavy atom. The normalized spacial score (nSPS) is 19.5. The number of ether oxygens (including phenoxy) is 3. The van der Waals surface area contributed by atoms with Gasteiger partial charge in [0, 0.05) is 18.8 Å². The summed E-state index contributed by atoms with van der Waals surface area (Å²) in [6, 6.07) is 60.7. The zero-order valence-corrected chi connectivity index (χ0v) is 35.4. The molecule has 0 aromatic heterocycles. The Kier molecular flexibility index (Phi) is 13.5. The average Bonchev–Trinajstić information content (AvgIpc) is 4.14. The van der Waals surface area contributed by atoms with E-state index in [1.807, 2.05) is 48.5 Å². The number of likely N-dealkylation sites (tertiary alicyclic amines) is 2. The number of nitrogens with zero attached hydrogens (tertiary/aromatic N) is 4. The van der Waals surface area contributed by atoms with Crippen molar-refractivity contribution in [2.24, 2.45) is 0 Å². The van der Waals surface area contributed by atoms with Crippen LogP contribution in [0.25, 0.3) is 0 Å².